The molecular formula is C10H9IN2O2. The van der Waals surface area contributed by atoms with Crippen molar-refractivity contribution in [3.05, 3.63) is 21.4 Å². The van der Waals surface area contributed by atoms with Crippen molar-refractivity contribution < 1.29 is 9.59 Å². The molecule has 4 nitrogen and oxygen atoms in total. The van der Waals surface area contributed by atoms with Crippen molar-refractivity contribution in [1.82, 2.24) is 4.98 Å². The molecule has 1 aliphatic rings. The Balaban J connectivity index is 2.34. The highest BCUT2D eigenvalue weighted by Crippen LogP contribution is 2.20. The molecule has 0 spiro atoms. The summed E-state index contributed by atoms with van der Waals surface area (Å²) in [5.74, 6) is 0.370. The van der Waals surface area contributed by atoms with Crippen LogP contribution in [0.1, 0.15) is 12.0 Å². The van der Waals surface area contributed by atoms with Crippen molar-refractivity contribution in [2.24, 2.45) is 0 Å². The molecule has 0 atom stereocenters. The predicted octanol–water partition coefficient (Wildman–Crippen LogP) is 1.30. The Bertz CT molecular complexity index is 445. The summed E-state index contributed by atoms with van der Waals surface area (Å²) in [4.78, 5) is 28.1. The number of carbonyl (C=O) groups excluding carboxylic acids is 2. The predicted molar refractivity (Wildman–Crippen MR) is 63.7 cm³/mol. The average Bonchev–Trinajstić information content (AvgIpc) is 2.50. The summed E-state index contributed by atoms with van der Waals surface area (Å²) < 4.78 is 1.05. The third-order valence-electron chi connectivity index (χ3n) is 2.29. The van der Waals surface area contributed by atoms with Gasteiger partial charge in [-0.25, -0.2) is 4.98 Å². The number of rotatable bonds is 1. The average molecular weight is 316 g/mol. The third-order valence-corrected chi connectivity index (χ3v) is 3.42. The van der Waals surface area contributed by atoms with Crippen LogP contribution in [0.25, 0.3) is 0 Å². The molecule has 2 heterocycles. The van der Waals surface area contributed by atoms with Gasteiger partial charge in [0.2, 0.25) is 5.91 Å². The number of aryl methyl sites for hydroxylation is 1. The highest BCUT2D eigenvalue weighted by atomic mass is 127. The molecule has 0 aromatic carbocycles. The fourth-order valence-electron chi connectivity index (χ4n) is 1.47. The van der Waals surface area contributed by atoms with Crippen molar-refractivity contribution in [2.75, 3.05) is 11.4 Å². The van der Waals surface area contributed by atoms with E-state index in [1.54, 1.807) is 6.20 Å². The van der Waals surface area contributed by atoms with Crippen LogP contribution in [0, 0.1) is 10.5 Å². The molecule has 1 aliphatic heterocycles. The normalized spacial score (nSPS) is 16.3. The van der Waals surface area contributed by atoms with E-state index in [1.807, 2.05) is 13.0 Å². The number of ketones is 1. The van der Waals surface area contributed by atoms with Gasteiger partial charge >= 0.3 is 0 Å². The van der Waals surface area contributed by atoms with E-state index in [0.717, 1.165) is 9.13 Å². The zero-order chi connectivity index (χ0) is 11.0. The van der Waals surface area contributed by atoms with Gasteiger partial charge in [-0.3, -0.25) is 14.5 Å². The first-order valence-corrected chi connectivity index (χ1v) is 5.60. The van der Waals surface area contributed by atoms with Crippen molar-refractivity contribution in [3.8, 4) is 0 Å². The summed E-state index contributed by atoms with van der Waals surface area (Å²) >= 11 is 2.18. The largest absolute Gasteiger partial charge is 0.297 e. The number of hydrogen-bond donors (Lipinski definition) is 0. The monoisotopic (exact) mass is 316 g/mol. The smallest absolute Gasteiger partial charge is 0.236 e. The Morgan fingerprint density at radius 2 is 2.20 bits per heavy atom. The molecule has 0 N–H and O–H groups in total. The maximum absolute atomic E-state index is 11.4. The van der Waals surface area contributed by atoms with Crippen LogP contribution in [-0.4, -0.2) is 23.2 Å². The lowest BCUT2D eigenvalue weighted by Gasteiger charge is -2.14. The first kappa shape index (κ1) is 10.5. The van der Waals surface area contributed by atoms with Gasteiger partial charge in [0.25, 0.3) is 0 Å². The van der Waals surface area contributed by atoms with Crippen LogP contribution in [0.4, 0.5) is 5.82 Å². The minimum atomic E-state index is -0.159. The van der Waals surface area contributed by atoms with E-state index >= 15 is 0 Å². The number of carbonyl (C=O) groups is 2. The SMILES string of the molecule is Cc1cc(N2CC(=O)CC2=O)ncc1I. The van der Waals surface area contributed by atoms with E-state index in [1.165, 1.54) is 4.90 Å². The molecule has 2 rings (SSSR count). The summed E-state index contributed by atoms with van der Waals surface area (Å²) in [6, 6.07) is 1.83. The molecule has 1 saturated heterocycles. The summed E-state index contributed by atoms with van der Waals surface area (Å²) in [5.41, 5.74) is 1.06. The molecule has 1 aromatic rings. The van der Waals surface area contributed by atoms with Gasteiger partial charge in [-0.15, -0.1) is 0 Å². The van der Waals surface area contributed by atoms with Gasteiger partial charge in [-0.05, 0) is 41.1 Å². The van der Waals surface area contributed by atoms with E-state index in [4.69, 9.17) is 0 Å². The van der Waals surface area contributed by atoms with E-state index in [0.29, 0.717) is 5.82 Å². The highest BCUT2D eigenvalue weighted by Gasteiger charge is 2.29. The van der Waals surface area contributed by atoms with Crippen molar-refractivity contribution >= 4 is 40.1 Å². The van der Waals surface area contributed by atoms with Gasteiger partial charge in [0.15, 0.2) is 5.78 Å². The summed E-state index contributed by atoms with van der Waals surface area (Å²) in [5, 5.41) is 0. The molecular weight excluding hydrogens is 307 g/mol. The number of halogens is 1. The first-order valence-electron chi connectivity index (χ1n) is 4.52. The molecule has 0 saturated carbocycles. The Morgan fingerprint density at radius 3 is 2.73 bits per heavy atom. The van der Waals surface area contributed by atoms with Gasteiger partial charge in [0.1, 0.15) is 5.82 Å². The second-order valence-corrected chi connectivity index (χ2v) is 4.65. The topological polar surface area (TPSA) is 50.3 Å². The minimum absolute atomic E-state index is 0.00666. The second-order valence-electron chi connectivity index (χ2n) is 3.49. The minimum Gasteiger partial charge on any atom is -0.297 e. The Kier molecular flexibility index (Phi) is 2.72. The number of Topliss-reactive ketones (excluding diaryl/α,β-unsaturated/α-hetero) is 1. The molecule has 0 bridgehead atoms. The lowest BCUT2D eigenvalue weighted by molar-refractivity contribution is -0.121. The first-order chi connectivity index (χ1) is 7.08. The van der Waals surface area contributed by atoms with Crippen LogP contribution in [0.15, 0.2) is 12.3 Å². The number of amides is 1. The zero-order valence-electron chi connectivity index (χ0n) is 8.16. The maximum Gasteiger partial charge on any atom is 0.236 e. The molecule has 78 valence electrons. The Morgan fingerprint density at radius 1 is 1.47 bits per heavy atom. The molecule has 5 heteroatoms. The van der Waals surface area contributed by atoms with Gasteiger partial charge in [0.05, 0.1) is 13.0 Å². The van der Waals surface area contributed by atoms with Crippen LogP contribution in [0.3, 0.4) is 0 Å². The standard InChI is InChI=1S/C10H9IN2O2/c1-6-2-9(12-4-8(6)11)13-5-7(14)3-10(13)15/h2,4H,3,5H2,1H3. The lowest BCUT2D eigenvalue weighted by Crippen LogP contribution is -2.25. The van der Waals surface area contributed by atoms with Crippen LogP contribution in [0.5, 0.6) is 0 Å². The number of pyridine rings is 1. The zero-order valence-corrected chi connectivity index (χ0v) is 10.3. The van der Waals surface area contributed by atoms with Crippen LogP contribution in [0.2, 0.25) is 0 Å². The quantitative estimate of drug-likeness (QED) is 0.580. The van der Waals surface area contributed by atoms with Crippen molar-refractivity contribution in [3.63, 3.8) is 0 Å². The number of nitrogens with zero attached hydrogens (tertiary/aromatic N) is 2. The fraction of sp³-hybridized carbons (Fsp3) is 0.300. The van der Waals surface area contributed by atoms with E-state index in [2.05, 4.69) is 27.6 Å². The van der Waals surface area contributed by atoms with Gasteiger partial charge in [-0.1, -0.05) is 0 Å². The van der Waals surface area contributed by atoms with Gasteiger partial charge in [-0.2, -0.15) is 0 Å². The van der Waals surface area contributed by atoms with E-state index < -0.39 is 0 Å². The summed E-state index contributed by atoms with van der Waals surface area (Å²) in [6.45, 7) is 2.11. The Hall–Kier alpha value is -0.980. The molecule has 1 fully saturated rings. The number of hydrogen-bond acceptors (Lipinski definition) is 3. The highest BCUT2D eigenvalue weighted by molar-refractivity contribution is 14.1. The Labute approximate surface area is 101 Å². The van der Waals surface area contributed by atoms with Crippen LogP contribution < -0.4 is 4.90 Å². The second kappa shape index (κ2) is 3.88. The fourth-order valence-corrected chi connectivity index (χ4v) is 1.76. The van der Waals surface area contributed by atoms with Gasteiger partial charge < -0.3 is 0 Å². The lowest BCUT2D eigenvalue weighted by atomic mass is 10.3. The number of anilines is 1. The van der Waals surface area contributed by atoms with Crippen molar-refractivity contribution in [1.29, 1.82) is 0 Å². The summed E-state index contributed by atoms with van der Waals surface area (Å²) in [7, 11) is 0. The molecule has 0 aliphatic carbocycles. The van der Waals surface area contributed by atoms with E-state index in [9.17, 15) is 9.59 Å². The molecule has 15 heavy (non-hydrogen) atoms. The van der Waals surface area contributed by atoms with E-state index in [-0.39, 0.29) is 24.7 Å². The molecule has 1 aromatic heterocycles. The molecule has 0 radical (unpaired) electrons. The van der Waals surface area contributed by atoms with Crippen LogP contribution in [-0.2, 0) is 9.59 Å². The molecule has 1 amide bonds. The van der Waals surface area contributed by atoms with Crippen molar-refractivity contribution in [2.45, 2.75) is 13.3 Å². The maximum atomic E-state index is 11.4. The van der Waals surface area contributed by atoms with Gasteiger partial charge in [0, 0.05) is 9.77 Å². The molecule has 0 unspecified atom stereocenters. The third kappa shape index (κ3) is 2.01. The summed E-state index contributed by atoms with van der Waals surface area (Å²) in [6.07, 6.45) is 1.72. The number of aromatic nitrogens is 1. The van der Waals surface area contributed by atoms with Crippen LogP contribution >= 0.6 is 22.6 Å².